The van der Waals surface area contributed by atoms with E-state index in [0.717, 1.165) is 37.4 Å². The first-order valence-electron chi connectivity index (χ1n) is 7.18. The molecular formula is C15H19N5O. The molecule has 0 aromatic carbocycles. The van der Waals surface area contributed by atoms with Crippen LogP contribution in [0.25, 0.3) is 5.82 Å². The summed E-state index contributed by atoms with van der Waals surface area (Å²) in [5, 5.41) is 0. The van der Waals surface area contributed by atoms with Crippen LogP contribution in [0.1, 0.15) is 24.5 Å². The fraction of sp³-hybridized carbons (Fsp3) is 0.400. The van der Waals surface area contributed by atoms with Crippen molar-refractivity contribution in [2.24, 2.45) is 5.73 Å². The van der Waals surface area contributed by atoms with E-state index in [1.807, 2.05) is 22.9 Å². The van der Waals surface area contributed by atoms with Crippen LogP contribution in [0.2, 0.25) is 0 Å². The predicted molar refractivity (Wildman–Crippen MR) is 79.0 cm³/mol. The van der Waals surface area contributed by atoms with Gasteiger partial charge in [0.25, 0.3) is 0 Å². The molecule has 6 heteroatoms. The molecular weight excluding hydrogens is 266 g/mol. The van der Waals surface area contributed by atoms with Crippen LogP contribution in [0, 0.1) is 0 Å². The maximum atomic E-state index is 11.1. The third-order valence-corrected chi connectivity index (χ3v) is 3.83. The van der Waals surface area contributed by atoms with E-state index in [0.29, 0.717) is 12.5 Å². The van der Waals surface area contributed by atoms with Crippen LogP contribution >= 0.6 is 0 Å². The minimum atomic E-state index is -0.268. The lowest BCUT2D eigenvalue weighted by molar-refractivity contribution is -0.119. The Morgan fingerprint density at radius 1 is 1.43 bits per heavy atom. The minimum absolute atomic E-state index is 0.268. The van der Waals surface area contributed by atoms with Crippen LogP contribution in [-0.2, 0) is 4.79 Å². The number of rotatable bonds is 4. The smallest absolute Gasteiger partial charge is 0.231 e. The summed E-state index contributed by atoms with van der Waals surface area (Å²) in [5.74, 6) is 0.953. The molecule has 110 valence electrons. The molecule has 0 spiro atoms. The summed E-state index contributed by atoms with van der Waals surface area (Å²) < 4.78 is 1.90. The second-order valence-corrected chi connectivity index (χ2v) is 5.43. The molecule has 1 saturated heterocycles. The Morgan fingerprint density at radius 2 is 2.33 bits per heavy atom. The first-order chi connectivity index (χ1) is 10.2. The molecule has 0 aliphatic carbocycles. The summed E-state index contributed by atoms with van der Waals surface area (Å²) in [6.45, 7) is 2.10. The van der Waals surface area contributed by atoms with Crippen molar-refractivity contribution in [3.63, 3.8) is 0 Å². The Morgan fingerprint density at radius 3 is 3.10 bits per heavy atom. The van der Waals surface area contributed by atoms with Crippen molar-refractivity contribution in [2.75, 3.05) is 19.6 Å². The number of nitrogens with zero attached hydrogens (tertiary/aromatic N) is 4. The van der Waals surface area contributed by atoms with Crippen molar-refractivity contribution in [3.05, 3.63) is 42.6 Å². The topological polar surface area (TPSA) is 77.0 Å². The highest BCUT2D eigenvalue weighted by molar-refractivity contribution is 5.75. The Hall–Kier alpha value is -2.21. The molecule has 1 aliphatic heterocycles. The molecule has 6 nitrogen and oxygen atoms in total. The normalized spacial score (nSPS) is 19.5. The third-order valence-electron chi connectivity index (χ3n) is 3.83. The first kappa shape index (κ1) is 13.8. The van der Waals surface area contributed by atoms with Gasteiger partial charge in [0.2, 0.25) is 5.91 Å². The van der Waals surface area contributed by atoms with Gasteiger partial charge in [0.15, 0.2) is 0 Å². The van der Waals surface area contributed by atoms with Gasteiger partial charge in [0, 0.05) is 30.6 Å². The molecule has 1 fully saturated rings. The molecule has 2 N–H and O–H groups in total. The van der Waals surface area contributed by atoms with E-state index in [-0.39, 0.29) is 5.91 Å². The molecule has 2 aromatic rings. The Kier molecular flexibility index (Phi) is 3.96. The number of carbonyl (C=O) groups excluding carboxylic acids is 1. The molecule has 1 atom stereocenters. The van der Waals surface area contributed by atoms with Gasteiger partial charge in [-0.2, -0.15) is 0 Å². The van der Waals surface area contributed by atoms with E-state index in [9.17, 15) is 4.79 Å². The zero-order valence-electron chi connectivity index (χ0n) is 11.9. The van der Waals surface area contributed by atoms with Crippen molar-refractivity contribution in [3.8, 4) is 5.82 Å². The van der Waals surface area contributed by atoms with Crippen LogP contribution in [-0.4, -0.2) is 45.0 Å². The largest absolute Gasteiger partial charge is 0.369 e. The van der Waals surface area contributed by atoms with E-state index in [1.165, 1.54) is 0 Å². The SMILES string of the molecule is NC(=O)CN1CCCC(c2cccc(-n3ccnc3)n2)C1. The molecule has 0 saturated carbocycles. The molecule has 0 bridgehead atoms. The Balaban J connectivity index is 1.77. The summed E-state index contributed by atoms with van der Waals surface area (Å²) in [6, 6.07) is 6.04. The fourth-order valence-electron chi connectivity index (χ4n) is 2.87. The van der Waals surface area contributed by atoms with Crippen LogP contribution in [0.15, 0.2) is 36.9 Å². The molecule has 21 heavy (non-hydrogen) atoms. The van der Waals surface area contributed by atoms with Gasteiger partial charge in [0.1, 0.15) is 12.1 Å². The lowest BCUT2D eigenvalue weighted by atomic mass is 9.94. The highest BCUT2D eigenvalue weighted by atomic mass is 16.1. The minimum Gasteiger partial charge on any atom is -0.369 e. The first-order valence-corrected chi connectivity index (χ1v) is 7.18. The molecule has 1 unspecified atom stereocenters. The van der Waals surface area contributed by atoms with Gasteiger partial charge in [-0.1, -0.05) is 6.07 Å². The van der Waals surface area contributed by atoms with Crippen LogP contribution < -0.4 is 5.73 Å². The molecule has 1 aliphatic rings. The van der Waals surface area contributed by atoms with Crippen LogP contribution in [0.4, 0.5) is 0 Å². The quantitative estimate of drug-likeness (QED) is 0.906. The monoisotopic (exact) mass is 285 g/mol. The number of likely N-dealkylation sites (tertiary alicyclic amines) is 1. The predicted octanol–water partition coefficient (Wildman–Crippen LogP) is 0.932. The van der Waals surface area contributed by atoms with Gasteiger partial charge in [-0.3, -0.25) is 14.3 Å². The average molecular weight is 285 g/mol. The number of pyridine rings is 1. The lowest BCUT2D eigenvalue weighted by Gasteiger charge is -2.31. The summed E-state index contributed by atoms with van der Waals surface area (Å²) in [7, 11) is 0. The molecule has 3 heterocycles. The van der Waals surface area contributed by atoms with Gasteiger partial charge < -0.3 is 5.73 Å². The molecule has 0 radical (unpaired) electrons. The van der Waals surface area contributed by atoms with E-state index in [2.05, 4.69) is 16.0 Å². The highest BCUT2D eigenvalue weighted by Gasteiger charge is 2.23. The second kappa shape index (κ2) is 6.05. The average Bonchev–Trinajstić information content (AvgIpc) is 3.01. The number of hydrogen-bond donors (Lipinski definition) is 1. The summed E-state index contributed by atoms with van der Waals surface area (Å²) in [5.41, 5.74) is 6.35. The zero-order chi connectivity index (χ0) is 14.7. The van der Waals surface area contributed by atoms with E-state index in [4.69, 9.17) is 10.7 Å². The van der Waals surface area contributed by atoms with Crippen molar-refractivity contribution >= 4 is 5.91 Å². The number of aromatic nitrogens is 3. The van der Waals surface area contributed by atoms with Crippen molar-refractivity contribution in [1.82, 2.24) is 19.4 Å². The zero-order valence-corrected chi connectivity index (χ0v) is 11.9. The molecule has 3 rings (SSSR count). The lowest BCUT2D eigenvalue weighted by Crippen LogP contribution is -2.40. The number of carbonyl (C=O) groups is 1. The van der Waals surface area contributed by atoms with Crippen molar-refractivity contribution < 1.29 is 4.79 Å². The number of amides is 1. The maximum Gasteiger partial charge on any atom is 0.231 e. The van der Waals surface area contributed by atoms with E-state index < -0.39 is 0 Å². The third kappa shape index (κ3) is 3.28. The Bertz CT molecular complexity index is 610. The number of nitrogens with two attached hydrogens (primary N) is 1. The summed E-state index contributed by atoms with van der Waals surface area (Å²) in [4.78, 5) is 22.0. The number of piperidine rings is 1. The fourth-order valence-corrected chi connectivity index (χ4v) is 2.87. The number of imidazole rings is 1. The summed E-state index contributed by atoms with van der Waals surface area (Å²) >= 11 is 0. The van der Waals surface area contributed by atoms with Gasteiger partial charge in [0.05, 0.1) is 6.54 Å². The van der Waals surface area contributed by atoms with Gasteiger partial charge in [-0.25, -0.2) is 9.97 Å². The standard InChI is InChI=1S/C15H19N5O/c16-14(21)10-19-7-2-3-12(9-19)13-4-1-5-15(18-13)20-8-6-17-11-20/h1,4-6,8,11-12H,2-3,7,9-10H2,(H2,16,21). The van der Waals surface area contributed by atoms with Gasteiger partial charge >= 0.3 is 0 Å². The van der Waals surface area contributed by atoms with Gasteiger partial charge in [-0.15, -0.1) is 0 Å². The maximum absolute atomic E-state index is 11.1. The Labute approximate surface area is 123 Å². The molecule has 1 amide bonds. The van der Waals surface area contributed by atoms with Crippen molar-refractivity contribution in [2.45, 2.75) is 18.8 Å². The van der Waals surface area contributed by atoms with E-state index >= 15 is 0 Å². The van der Waals surface area contributed by atoms with Crippen LogP contribution in [0.5, 0.6) is 0 Å². The summed E-state index contributed by atoms with van der Waals surface area (Å²) in [6.07, 6.45) is 7.52. The number of hydrogen-bond acceptors (Lipinski definition) is 4. The van der Waals surface area contributed by atoms with E-state index in [1.54, 1.807) is 12.5 Å². The van der Waals surface area contributed by atoms with Crippen molar-refractivity contribution in [1.29, 1.82) is 0 Å². The second-order valence-electron chi connectivity index (χ2n) is 5.43. The van der Waals surface area contributed by atoms with Gasteiger partial charge in [-0.05, 0) is 31.5 Å². The molecule has 2 aromatic heterocycles. The highest BCUT2D eigenvalue weighted by Crippen LogP contribution is 2.25. The number of primary amides is 1. The van der Waals surface area contributed by atoms with Crippen LogP contribution in [0.3, 0.4) is 0 Å².